The fourth-order valence-corrected chi connectivity index (χ4v) is 3.49. The summed E-state index contributed by atoms with van der Waals surface area (Å²) in [6.45, 7) is 0. The molecule has 0 amide bonds. The largest absolute Gasteiger partial charge is 0.469 e. The van der Waals surface area contributed by atoms with Crippen molar-refractivity contribution in [2.75, 3.05) is 7.11 Å². The molecule has 20 heavy (non-hydrogen) atoms. The minimum Gasteiger partial charge on any atom is -0.469 e. The molecule has 0 radical (unpaired) electrons. The van der Waals surface area contributed by atoms with Gasteiger partial charge < -0.3 is 4.74 Å². The van der Waals surface area contributed by atoms with Crippen LogP contribution in [0.1, 0.15) is 12.2 Å². The molecule has 0 bridgehead atoms. The molecule has 2 aromatic heterocycles. The first-order chi connectivity index (χ1) is 9.69. The van der Waals surface area contributed by atoms with Gasteiger partial charge in [-0.3, -0.25) is 4.79 Å². The molecule has 0 spiro atoms. The number of aromatic nitrogens is 2. The molecule has 4 nitrogen and oxygen atoms in total. The number of carbonyl (C=O) groups is 1. The van der Waals surface area contributed by atoms with Crippen LogP contribution >= 0.6 is 22.9 Å². The summed E-state index contributed by atoms with van der Waals surface area (Å²) in [5.41, 5.74) is 0. The number of halogens is 1. The number of carbonyl (C=O) groups excluding carboxylic acids is 1. The van der Waals surface area contributed by atoms with Gasteiger partial charge in [0.05, 0.1) is 18.9 Å². The lowest BCUT2D eigenvalue weighted by Crippen LogP contribution is -2.04. The molecule has 102 valence electrons. The van der Waals surface area contributed by atoms with Crippen molar-refractivity contribution in [1.82, 2.24) is 9.97 Å². The number of aryl methyl sites for hydroxylation is 1. The number of hydrogen-bond donors (Lipinski definition) is 0. The van der Waals surface area contributed by atoms with Crippen molar-refractivity contribution < 1.29 is 9.53 Å². The lowest BCUT2D eigenvalue weighted by molar-refractivity contribution is -0.140. The van der Waals surface area contributed by atoms with E-state index in [1.165, 1.54) is 7.11 Å². The maximum Gasteiger partial charge on any atom is 0.305 e. The van der Waals surface area contributed by atoms with Crippen LogP contribution in [-0.4, -0.2) is 23.0 Å². The molecule has 6 heteroatoms. The van der Waals surface area contributed by atoms with Crippen LogP contribution in [0.4, 0.5) is 0 Å². The molecule has 2 heterocycles. The summed E-state index contributed by atoms with van der Waals surface area (Å²) >= 11 is 7.85. The number of benzene rings is 1. The van der Waals surface area contributed by atoms with E-state index in [0.29, 0.717) is 17.4 Å². The van der Waals surface area contributed by atoms with Crippen LogP contribution in [0.15, 0.2) is 24.3 Å². The van der Waals surface area contributed by atoms with Crippen LogP contribution in [-0.2, 0) is 16.0 Å². The third-order valence-electron chi connectivity index (χ3n) is 3.02. The molecule has 3 rings (SSSR count). The second kappa shape index (κ2) is 5.34. The van der Waals surface area contributed by atoms with Crippen molar-refractivity contribution in [3.63, 3.8) is 0 Å². The fraction of sp³-hybridized carbons (Fsp3) is 0.214. The average molecular weight is 307 g/mol. The van der Waals surface area contributed by atoms with Gasteiger partial charge in [0.1, 0.15) is 15.8 Å². The molecule has 0 unspecified atom stereocenters. The number of methoxy groups -OCH3 is 1. The summed E-state index contributed by atoms with van der Waals surface area (Å²) in [6, 6.07) is 8.00. The van der Waals surface area contributed by atoms with E-state index >= 15 is 0 Å². The van der Waals surface area contributed by atoms with Crippen LogP contribution in [0.25, 0.3) is 20.3 Å². The lowest BCUT2D eigenvalue weighted by Gasteiger charge is -2.01. The number of thiophene rings is 1. The predicted molar refractivity (Wildman–Crippen MR) is 80.3 cm³/mol. The first kappa shape index (κ1) is 13.3. The van der Waals surface area contributed by atoms with Gasteiger partial charge in [-0.25, -0.2) is 9.97 Å². The van der Waals surface area contributed by atoms with Gasteiger partial charge in [-0.15, -0.1) is 11.3 Å². The van der Waals surface area contributed by atoms with Crippen molar-refractivity contribution in [1.29, 1.82) is 0 Å². The van der Waals surface area contributed by atoms with Gasteiger partial charge in [-0.2, -0.15) is 0 Å². The molecule has 0 N–H and O–H groups in total. The number of fused-ring (bicyclic) bond motifs is 3. The average Bonchev–Trinajstić information content (AvgIpc) is 2.83. The van der Waals surface area contributed by atoms with E-state index in [4.69, 9.17) is 11.6 Å². The molecule has 0 fully saturated rings. The Morgan fingerprint density at radius 3 is 2.95 bits per heavy atom. The third kappa shape index (κ3) is 2.34. The summed E-state index contributed by atoms with van der Waals surface area (Å²) in [5.74, 6) is 0.292. The number of hydrogen-bond acceptors (Lipinski definition) is 5. The Hall–Kier alpha value is -1.72. The van der Waals surface area contributed by atoms with Crippen molar-refractivity contribution in [3.8, 4) is 0 Å². The Morgan fingerprint density at radius 1 is 1.35 bits per heavy atom. The summed E-state index contributed by atoms with van der Waals surface area (Å²) in [4.78, 5) is 20.8. The van der Waals surface area contributed by atoms with Crippen LogP contribution in [0.2, 0.25) is 5.15 Å². The zero-order valence-electron chi connectivity index (χ0n) is 10.7. The molecule has 0 saturated heterocycles. The summed E-state index contributed by atoms with van der Waals surface area (Å²) in [5, 5.41) is 2.39. The zero-order chi connectivity index (χ0) is 14.1. The van der Waals surface area contributed by atoms with E-state index in [9.17, 15) is 4.79 Å². The van der Waals surface area contributed by atoms with Gasteiger partial charge in [0, 0.05) is 16.5 Å². The van der Waals surface area contributed by atoms with Gasteiger partial charge in [-0.05, 0) is 6.07 Å². The highest BCUT2D eigenvalue weighted by molar-refractivity contribution is 7.25. The Labute approximate surface area is 124 Å². The highest BCUT2D eigenvalue weighted by Gasteiger charge is 2.13. The molecule has 3 aromatic rings. The molecule has 0 aliphatic heterocycles. The molecule has 0 atom stereocenters. The highest BCUT2D eigenvalue weighted by Crippen LogP contribution is 2.35. The van der Waals surface area contributed by atoms with Crippen molar-refractivity contribution in [3.05, 3.63) is 35.2 Å². The summed E-state index contributed by atoms with van der Waals surface area (Å²) in [6.07, 6.45) is 0.680. The minimum absolute atomic E-state index is 0.253. The Kier molecular flexibility index (Phi) is 3.54. The van der Waals surface area contributed by atoms with E-state index in [0.717, 1.165) is 20.3 Å². The monoisotopic (exact) mass is 306 g/mol. The smallest absolute Gasteiger partial charge is 0.305 e. The summed E-state index contributed by atoms with van der Waals surface area (Å²) < 4.78 is 5.74. The summed E-state index contributed by atoms with van der Waals surface area (Å²) in [7, 11) is 1.37. The van der Waals surface area contributed by atoms with Gasteiger partial charge in [-0.1, -0.05) is 29.8 Å². The van der Waals surface area contributed by atoms with Crippen LogP contribution in [0.3, 0.4) is 0 Å². The molecule has 0 aliphatic rings. The van der Waals surface area contributed by atoms with E-state index in [1.807, 2.05) is 24.3 Å². The molecule has 1 aromatic carbocycles. The topological polar surface area (TPSA) is 52.1 Å². The van der Waals surface area contributed by atoms with E-state index in [2.05, 4.69) is 14.7 Å². The maximum absolute atomic E-state index is 11.2. The van der Waals surface area contributed by atoms with E-state index in [-0.39, 0.29) is 12.4 Å². The Balaban J connectivity index is 2.05. The molecule has 0 saturated carbocycles. The van der Waals surface area contributed by atoms with E-state index in [1.54, 1.807) is 11.3 Å². The number of ether oxygens (including phenoxy) is 1. The quantitative estimate of drug-likeness (QED) is 0.548. The first-order valence-electron chi connectivity index (χ1n) is 6.09. The SMILES string of the molecule is COC(=O)CCc1nc(Cl)c2c(n1)sc1ccccc12. The van der Waals surface area contributed by atoms with Crippen LogP contribution in [0.5, 0.6) is 0 Å². The van der Waals surface area contributed by atoms with Gasteiger partial charge in [0.2, 0.25) is 0 Å². The minimum atomic E-state index is -0.277. The number of rotatable bonds is 3. The zero-order valence-corrected chi connectivity index (χ0v) is 12.3. The third-order valence-corrected chi connectivity index (χ3v) is 4.36. The maximum atomic E-state index is 11.2. The second-order valence-electron chi connectivity index (χ2n) is 4.29. The van der Waals surface area contributed by atoms with E-state index < -0.39 is 0 Å². The fourth-order valence-electron chi connectivity index (χ4n) is 2.05. The number of nitrogens with zero attached hydrogens (tertiary/aromatic N) is 2. The predicted octanol–water partition coefficient (Wildman–Crippen LogP) is 3.60. The number of esters is 1. The Morgan fingerprint density at radius 2 is 2.15 bits per heavy atom. The van der Waals surface area contributed by atoms with Crippen LogP contribution < -0.4 is 0 Å². The van der Waals surface area contributed by atoms with Crippen LogP contribution in [0, 0.1) is 0 Å². The lowest BCUT2D eigenvalue weighted by atomic mass is 10.2. The standard InChI is InChI=1S/C14H11ClN2O2S/c1-19-11(18)7-6-10-16-13(15)12-8-4-2-3-5-9(8)20-14(12)17-10/h2-5H,6-7H2,1H3. The van der Waals surface area contributed by atoms with Crippen molar-refractivity contribution >= 4 is 49.2 Å². The van der Waals surface area contributed by atoms with Crippen molar-refractivity contribution in [2.45, 2.75) is 12.8 Å². The van der Waals surface area contributed by atoms with Gasteiger partial charge in [0.15, 0.2) is 0 Å². The highest BCUT2D eigenvalue weighted by atomic mass is 35.5. The normalized spacial score (nSPS) is 11.1. The van der Waals surface area contributed by atoms with Gasteiger partial charge in [0.25, 0.3) is 0 Å². The molecular formula is C14H11ClN2O2S. The van der Waals surface area contributed by atoms with Crippen molar-refractivity contribution in [2.24, 2.45) is 0 Å². The second-order valence-corrected chi connectivity index (χ2v) is 5.67. The first-order valence-corrected chi connectivity index (χ1v) is 7.29. The molecule has 0 aliphatic carbocycles. The Bertz CT molecular complexity index is 800. The van der Waals surface area contributed by atoms with Gasteiger partial charge >= 0.3 is 5.97 Å². The molecular weight excluding hydrogens is 296 g/mol.